The second-order valence-corrected chi connectivity index (χ2v) is 15.2. The van der Waals surface area contributed by atoms with Gasteiger partial charge in [-0.3, -0.25) is 0 Å². The second-order valence-electron chi connectivity index (χ2n) is 14.1. The van der Waals surface area contributed by atoms with E-state index >= 15 is 0 Å². The molecule has 258 valence electrons. The minimum absolute atomic E-state index is 0.901. The number of hydrogen-bond donors (Lipinski definition) is 0. The summed E-state index contributed by atoms with van der Waals surface area (Å²) in [5.74, 6) is 0. The first-order valence-electron chi connectivity index (χ1n) is 18.7. The average molecular weight is 720 g/mol. The van der Waals surface area contributed by atoms with Crippen molar-refractivity contribution in [1.29, 1.82) is 0 Å². The van der Waals surface area contributed by atoms with Gasteiger partial charge in [-0.15, -0.1) is 11.3 Å². The van der Waals surface area contributed by atoms with Crippen molar-refractivity contribution in [3.63, 3.8) is 0 Å². The zero-order valence-electron chi connectivity index (χ0n) is 29.8. The topological polar surface area (TPSA) is 16.4 Å². The molecule has 0 aliphatic rings. The monoisotopic (exact) mass is 719 g/mol. The zero-order valence-corrected chi connectivity index (χ0v) is 30.6. The van der Waals surface area contributed by atoms with Crippen molar-refractivity contribution < 1.29 is 4.42 Å². The molecule has 0 N–H and O–H groups in total. The van der Waals surface area contributed by atoms with Crippen molar-refractivity contribution in [2.24, 2.45) is 0 Å². The van der Waals surface area contributed by atoms with Crippen LogP contribution in [0.25, 0.3) is 86.3 Å². The van der Waals surface area contributed by atoms with E-state index in [1.807, 2.05) is 11.3 Å². The molecule has 0 unspecified atom stereocenters. The van der Waals surface area contributed by atoms with Crippen molar-refractivity contribution in [1.82, 2.24) is 0 Å². The fourth-order valence-electron chi connectivity index (χ4n) is 8.29. The van der Waals surface area contributed by atoms with E-state index in [1.54, 1.807) is 0 Å². The highest BCUT2D eigenvalue weighted by Gasteiger charge is 2.18. The lowest BCUT2D eigenvalue weighted by molar-refractivity contribution is 0.673. The largest absolute Gasteiger partial charge is 0.455 e. The van der Waals surface area contributed by atoms with Crippen LogP contribution in [0.5, 0.6) is 0 Å². The van der Waals surface area contributed by atoms with Gasteiger partial charge >= 0.3 is 0 Å². The van der Waals surface area contributed by atoms with Crippen LogP contribution in [0.2, 0.25) is 0 Å². The van der Waals surface area contributed by atoms with Gasteiger partial charge in [-0.25, -0.2) is 0 Å². The first-order chi connectivity index (χ1) is 27.3. The standard InChI is InChI=1S/C52H33NOS/c1-2-11-34(12-3-1)35-23-28-39(29-24-35)53(41-15-8-14-38(33-41)43-19-10-22-49-51(43)45-17-6-7-21-48(45)55-49)40-30-25-37(26-31-40)42-18-9-20-47-50(42)46-32-27-36-13-4-5-16-44(36)52(46)54-47/h1-33H. The van der Waals surface area contributed by atoms with Crippen molar-refractivity contribution >= 4 is 81.3 Å². The molecule has 0 saturated carbocycles. The van der Waals surface area contributed by atoms with Crippen molar-refractivity contribution in [3.05, 3.63) is 200 Å². The number of nitrogens with zero attached hydrogens (tertiary/aromatic N) is 1. The van der Waals surface area contributed by atoms with Gasteiger partial charge in [0.15, 0.2) is 0 Å². The number of thiophene rings is 1. The van der Waals surface area contributed by atoms with E-state index in [4.69, 9.17) is 4.42 Å². The fourth-order valence-corrected chi connectivity index (χ4v) is 9.43. The molecule has 0 saturated heterocycles. The Balaban J connectivity index is 1.04. The van der Waals surface area contributed by atoms with E-state index < -0.39 is 0 Å². The highest BCUT2D eigenvalue weighted by atomic mass is 32.1. The highest BCUT2D eigenvalue weighted by molar-refractivity contribution is 7.25. The maximum atomic E-state index is 6.53. The second kappa shape index (κ2) is 12.9. The van der Waals surface area contributed by atoms with Crippen molar-refractivity contribution in [3.8, 4) is 33.4 Å². The Kier molecular flexibility index (Phi) is 7.39. The van der Waals surface area contributed by atoms with Crippen LogP contribution < -0.4 is 4.90 Å². The number of benzene rings is 9. The van der Waals surface area contributed by atoms with E-state index in [9.17, 15) is 0 Å². The molecular weight excluding hydrogens is 687 g/mol. The Labute approximate surface area is 322 Å². The highest BCUT2D eigenvalue weighted by Crippen LogP contribution is 2.44. The summed E-state index contributed by atoms with van der Waals surface area (Å²) in [7, 11) is 0. The van der Waals surface area contributed by atoms with E-state index in [2.05, 4.69) is 205 Å². The summed E-state index contributed by atoms with van der Waals surface area (Å²) in [6.45, 7) is 0. The lowest BCUT2D eigenvalue weighted by Gasteiger charge is -2.26. The summed E-state index contributed by atoms with van der Waals surface area (Å²) >= 11 is 1.86. The Morgan fingerprint density at radius 1 is 0.364 bits per heavy atom. The van der Waals surface area contributed by atoms with Gasteiger partial charge in [0, 0.05) is 53.4 Å². The van der Waals surface area contributed by atoms with E-state index in [0.29, 0.717) is 0 Å². The first kappa shape index (κ1) is 31.6. The summed E-state index contributed by atoms with van der Waals surface area (Å²) in [6.07, 6.45) is 0. The number of furan rings is 1. The van der Waals surface area contributed by atoms with Crippen LogP contribution in [0.3, 0.4) is 0 Å². The van der Waals surface area contributed by atoms with Gasteiger partial charge < -0.3 is 9.32 Å². The molecule has 3 heteroatoms. The van der Waals surface area contributed by atoms with Crippen LogP contribution >= 0.6 is 11.3 Å². The third kappa shape index (κ3) is 5.32. The Bertz CT molecular complexity index is 3190. The van der Waals surface area contributed by atoms with Crippen LogP contribution in [0, 0.1) is 0 Å². The number of anilines is 3. The Morgan fingerprint density at radius 2 is 0.982 bits per heavy atom. The van der Waals surface area contributed by atoms with Gasteiger partial charge in [0.25, 0.3) is 0 Å². The zero-order chi connectivity index (χ0) is 36.3. The average Bonchev–Trinajstić information content (AvgIpc) is 3.84. The predicted molar refractivity (Wildman–Crippen MR) is 235 cm³/mol. The lowest BCUT2D eigenvalue weighted by Crippen LogP contribution is -2.10. The summed E-state index contributed by atoms with van der Waals surface area (Å²) in [5, 5.41) is 7.22. The first-order valence-corrected chi connectivity index (χ1v) is 19.5. The lowest BCUT2D eigenvalue weighted by atomic mass is 9.97. The van der Waals surface area contributed by atoms with Crippen molar-refractivity contribution in [2.75, 3.05) is 4.90 Å². The van der Waals surface area contributed by atoms with Crippen LogP contribution in [0.15, 0.2) is 205 Å². The van der Waals surface area contributed by atoms with Crippen molar-refractivity contribution in [2.45, 2.75) is 0 Å². The molecule has 0 radical (unpaired) electrons. The van der Waals surface area contributed by atoms with E-state index in [0.717, 1.165) is 55.5 Å². The normalized spacial score (nSPS) is 11.6. The smallest absolute Gasteiger partial charge is 0.143 e. The summed E-state index contributed by atoms with van der Waals surface area (Å²) in [5.41, 5.74) is 12.3. The van der Waals surface area contributed by atoms with Crippen LogP contribution in [-0.2, 0) is 0 Å². The van der Waals surface area contributed by atoms with Crippen LogP contribution in [0.1, 0.15) is 0 Å². The van der Waals surface area contributed by atoms with Crippen LogP contribution in [-0.4, -0.2) is 0 Å². The molecule has 0 spiro atoms. The molecule has 0 fully saturated rings. The van der Waals surface area contributed by atoms with Gasteiger partial charge in [-0.2, -0.15) is 0 Å². The molecule has 0 atom stereocenters. The molecule has 11 rings (SSSR count). The molecule has 0 bridgehead atoms. The molecule has 0 amide bonds. The third-order valence-corrected chi connectivity index (χ3v) is 12.0. The number of fused-ring (bicyclic) bond motifs is 8. The van der Waals surface area contributed by atoms with Gasteiger partial charge in [-0.1, -0.05) is 140 Å². The summed E-state index contributed by atoms with van der Waals surface area (Å²) < 4.78 is 9.15. The van der Waals surface area contributed by atoms with Crippen LogP contribution in [0.4, 0.5) is 17.1 Å². The van der Waals surface area contributed by atoms with E-state index in [-0.39, 0.29) is 0 Å². The van der Waals surface area contributed by atoms with Gasteiger partial charge in [0.1, 0.15) is 11.2 Å². The molecule has 11 aromatic rings. The minimum atomic E-state index is 0.901. The molecule has 9 aromatic carbocycles. The van der Waals surface area contributed by atoms with Gasteiger partial charge in [-0.05, 0) is 99.4 Å². The maximum absolute atomic E-state index is 6.53. The Morgan fingerprint density at radius 3 is 1.80 bits per heavy atom. The quantitative estimate of drug-likeness (QED) is 0.170. The van der Waals surface area contributed by atoms with E-state index in [1.165, 1.54) is 47.8 Å². The fraction of sp³-hybridized carbons (Fsp3) is 0. The SMILES string of the molecule is c1ccc(-c2ccc(N(c3ccc(-c4cccc5oc6c7ccccc7ccc6c45)cc3)c3cccc(-c4cccc5sc6ccccc6c45)c3)cc2)cc1. The molecular formula is C52H33NOS. The number of hydrogen-bond acceptors (Lipinski definition) is 3. The maximum Gasteiger partial charge on any atom is 0.143 e. The summed E-state index contributed by atoms with van der Waals surface area (Å²) in [4.78, 5) is 2.37. The third-order valence-electron chi connectivity index (χ3n) is 10.9. The van der Waals surface area contributed by atoms with Gasteiger partial charge in [0.05, 0.1) is 0 Å². The summed E-state index contributed by atoms with van der Waals surface area (Å²) in [6, 6.07) is 72.1. The Hall–Kier alpha value is -6.94. The molecule has 0 aliphatic heterocycles. The molecule has 2 heterocycles. The molecule has 0 aliphatic carbocycles. The molecule has 55 heavy (non-hydrogen) atoms. The molecule has 2 aromatic heterocycles. The molecule has 2 nitrogen and oxygen atoms in total. The number of rotatable bonds is 6. The van der Waals surface area contributed by atoms with Gasteiger partial charge in [0.2, 0.25) is 0 Å². The minimum Gasteiger partial charge on any atom is -0.455 e. The predicted octanol–water partition coefficient (Wildman–Crippen LogP) is 15.6.